The molecule has 1 N–H and O–H groups in total. The van der Waals surface area contributed by atoms with E-state index in [0.717, 1.165) is 11.1 Å². The number of ether oxygens (including phenoxy) is 5. The van der Waals surface area contributed by atoms with Gasteiger partial charge < -0.3 is 28.8 Å². The lowest BCUT2D eigenvalue weighted by molar-refractivity contribution is -0.257. The van der Waals surface area contributed by atoms with Gasteiger partial charge in [-0.3, -0.25) is 0 Å². The van der Waals surface area contributed by atoms with Gasteiger partial charge in [-0.1, -0.05) is 60.7 Å². The second kappa shape index (κ2) is 9.14. The largest absolute Gasteiger partial charge is 0.396 e. The molecule has 0 aromatic heterocycles. The van der Waals surface area contributed by atoms with Gasteiger partial charge in [0.25, 0.3) is 0 Å². The first-order valence-corrected chi connectivity index (χ1v) is 10.4. The van der Waals surface area contributed by atoms with E-state index in [0.29, 0.717) is 19.6 Å². The van der Waals surface area contributed by atoms with Crippen LogP contribution >= 0.6 is 0 Å². The summed E-state index contributed by atoms with van der Waals surface area (Å²) >= 11 is 0. The summed E-state index contributed by atoms with van der Waals surface area (Å²) in [6.07, 6.45) is -1.03. The Labute approximate surface area is 177 Å². The summed E-state index contributed by atoms with van der Waals surface area (Å²) in [6.45, 7) is 4.80. The van der Waals surface area contributed by atoms with Gasteiger partial charge in [0.2, 0.25) is 0 Å². The molecule has 0 aliphatic carbocycles. The highest BCUT2D eigenvalue weighted by molar-refractivity contribution is 5.15. The molecule has 6 heteroatoms. The molecule has 0 radical (unpaired) electrons. The van der Waals surface area contributed by atoms with E-state index < -0.39 is 29.9 Å². The first-order chi connectivity index (χ1) is 14.5. The molecule has 0 saturated carbocycles. The molecule has 2 fully saturated rings. The van der Waals surface area contributed by atoms with Gasteiger partial charge in [0.1, 0.15) is 17.8 Å². The zero-order valence-corrected chi connectivity index (χ0v) is 17.5. The molecule has 0 bridgehead atoms. The van der Waals surface area contributed by atoms with E-state index in [1.54, 1.807) is 0 Å². The van der Waals surface area contributed by atoms with Crippen molar-refractivity contribution in [2.24, 2.45) is 0 Å². The van der Waals surface area contributed by atoms with Gasteiger partial charge in [-0.2, -0.15) is 0 Å². The van der Waals surface area contributed by atoms with E-state index >= 15 is 0 Å². The Kier molecular flexibility index (Phi) is 6.53. The lowest BCUT2D eigenvalue weighted by Crippen LogP contribution is -2.50. The highest BCUT2D eigenvalue weighted by Gasteiger charge is 2.62. The fraction of sp³-hybridized carbons (Fsp3) is 0.500. The third-order valence-corrected chi connectivity index (χ3v) is 5.52. The average molecular weight is 414 g/mol. The van der Waals surface area contributed by atoms with E-state index in [2.05, 4.69) is 0 Å². The first-order valence-electron chi connectivity index (χ1n) is 10.4. The van der Waals surface area contributed by atoms with Gasteiger partial charge in [-0.25, -0.2) is 0 Å². The summed E-state index contributed by atoms with van der Waals surface area (Å²) in [5, 5.41) is 9.80. The smallest absolute Gasteiger partial charge is 0.190 e. The average Bonchev–Trinajstić information content (AvgIpc) is 3.17. The topological polar surface area (TPSA) is 66.4 Å². The minimum Gasteiger partial charge on any atom is -0.396 e. The molecule has 4 rings (SSSR count). The zero-order valence-electron chi connectivity index (χ0n) is 17.5. The summed E-state index contributed by atoms with van der Waals surface area (Å²) in [5.74, 6) is -0.750. The minimum absolute atomic E-state index is 0.0529. The fourth-order valence-corrected chi connectivity index (χ4v) is 4.15. The second-order valence-corrected chi connectivity index (χ2v) is 8.32. The quantitative estimate of drug-likeness (QED) is 0.678. The van der Waals surface area contributed by atoms with Crippen LogP contribution in [0.1, 0.15) is 31.4 Å². The van der Waals surface area contributed by atoms with E-state index in [4.69, 9.17) is 23.7 Å². The van der Waals surface area contributed by atoms with Crippen molar-refractivity contribution in [3.63, 3.8) is 0 Å². The molecule has 2 aromatic carbocycles. The van der Waals surface area contributed by atoms with Gasteiger partial charge in [-0.15, -0.1) is 0 Å². The predicted molar refractivity (Wildman–Crippen MR) is 110 cm³/mol. The molecule has 0 amide bonds. The van der Waals surface area contributed by atoms with E-state index in [1.165, 1.54) is 0 Å². The lowest BCUT2D eigenvalue weighted by atomic mass is 9.92. The number of aliphatic hydroxyl groups is 1. The van der Waals surface area contributed by atoms with Gasteiger partial charge in [0.05, 0.1) is 19.8 Å². The molecule has 6 nitrogen and oxygen atoms in total. The van der Waals surface area contributed by atoms with Crippen LogP contribution in [0.25, 0.3) is 0 Å². The molecule has 162 valence electrons. The Morgan fingerprint density at radius 3 is 2.13 bits per heavy atom. The summed E-state index contributed by atoms with van der Waals surface area (Å²) in [6, 6.07) is 19.9. The summed E-state index contributed by atoms with van der Waals surface area (Å²) in [5.41, 5.74) is 1.27. The molecule has 0 spiro atoms. The van der Waals surface area contributed by atoms with Crippen molar-refractivity contribution in [2.75, 3.05) is 13.2 Å². The third kappa shape index (κ3) is 4.75. The van der Waals surface area contributed by atoms with Crippen LogP contribution in [-0.2, 0) is 36.9 Å². The van der Waals surface area contributed by atoms with Crippen LogP contribution in [0, 0.1) is 0 Å². The molecule has 2 aromatic rings. The lowest BCUT2D eigenvalue weighted by Gasteiger charge is -2.36. The van der Waals surface area contributed by atoms with Crippen molar-refractivity contribution in [3.8, 4) is 0 Å². The maximum atomic E-state index is 9.80. The SMILES string of the molecule is CC1(C)OC2C(OCc3ccccc3)[C@@](CCO)(COCc3ccccc3)O[C@@H]2O1. The number of fused-ring (bicyclic) bond motifs is 1. The van der Waals surface area contributed by atoms with Crippen LogP contribution in [0.5, 0.6) is 0 Å². The Bertz CT molecular complexity index is 796. The molecule has 4 atom stereocenters. The van der Waals surface area contributed by atoms with Crippen LogP contribution < -0.4 is 0 Å². The molecule has 2 saturated heterocycles. The molecular formula is C24H30O6. The van der Waals surface area contributed by atoms with Gasteiger partial charge in [-0.05, 0) is 25.0 Å². The first kappa shape index (κ1) is 21.4. The van der Waals surface area contributed by atoms with Crippen molar-refractivity contribution in [2.45, 2.75) is 63.4 Å². The van der Waals surface area contributed by atoms with Crippen LogP contribution in [0.3, 0.4) is 0 Å². The van der Waals surface area contributed by atoms with Crippen molar-refractivity contribution < 1.29 is 28.8 Å². The van der Waals surface area contributed by atoms with E-state index in [1.807, 2.05) is 74.5 Å². The monoisotopic (exact) mass is 414 g/mol. The van der Waals surface area contributed by atoms with Crippen molar-refractivity contribution >= 4 is 0 Å². The van der Waals surface area contributed by atoms with Gasteiger partial charge in [0.15, 0.2) is 12.1 Å². The second-order valence-electron chi connectivity index (χ2n) is 8.32. The molecule has 2 aliphatic rings. The van der Waals surface area contributed by atoms with E-state index in [9.17, 15) is 5.11 Å². The number of hydrogen-bond acceptors (Lipinski definition) is 6. The molecule has 2 aliphatic heterocycles. The fourth-order valence-electron chi connectivity index (χ4n) is 4.15. The van der Waals surface area contributed by atoms with Gasteiger partial charge >= 0.3 is 0 Å². The van der Waals surface area contributed by atoms with Gasteiger partial charge in [0, 0.05) is 13.0 Å². The Hall–Kier alpha value is -1.80. The molecule has 30 heavy (non-hydrogen) atoms. The zero-order chi connectivity index (χ0) is 21.0. The van der Waals surface area contributed by atoms with Crippen LogP contribution in [0.2, 0.25) is 0 Å². The number of hydrogen-bond donors (Lipinski definition) is 1. The number of aliphatic hydroxyl groups excluding tert-OH is 1. The van der Waals surface area contributed by atoms with Crippen LogP contribution in [-0.4, -0.2) is 48.2 Å². The maximum Gasteiger partial charge on any atom is 0.190 e. The predicted octanol–water partition coefficient (Wildman–Crippen LogP) is 3.42. The Morgan fingerprint density at radius 2 is 1.50 bits per heavy atom. The summed E-state index contributed by atoms with van der Waals surface area (Å²) < 4.78 is 30.8. The Balaban J connectivity index is 1.51. The van der Waals surface area contributed by atoms with Crippen LogP contribution in [0.4, 0.5) is 0 Å². The number of rotatable bonds is 9. The van der Waals surface area contributed by atoms with E-state index in [-0.39, 0.29) is 13.2 Å². The maximum absolute atomic E-state index is 9.80. The molecule has 2 heterocycles. The normalized spacial score (nSPS) is 29.8. The standard InChI is InChI=1S/C24H30O6/c1-23(2)28-20-21(27-16-19-11-7-4-8-12-19)24(13-14-25,30-22(20)29-23)17-26-15-18-9-5-3-6-10-18/h3-12,20-22,25H,13-17H2,1-2H3/t20?,21?,22-,24+/m0/s1. The van der Waals surface area contributed by atoms with Crippen molar-refractivity contribution in [3.05, 3.63) is 71.8 Å². The number of benzene rings is 2. The highest BCUT2D eigenvalue weighted by atomic mass is 16.8. The summed E-state index contributed by atoms with van der Waals surface area (Å²) in [7, 11) is 0. The summed E-state index contributed by atoms with van der Waals surface area (Å²) in [4.78, 5) is 0. The van der Waals surface area contributed by atoms with Crippen molar-refractivity contribution in [1.82, 2.24) is 0 Å². The van der Waals surface area contributed by atoms with Crippen molar-refractivity contribution in [1.29, 1.82) is 0 Å². The minimum atomic E-state index is -0.857. The highest BCUT2D eigenvalue weighted by Crippen LogP contribution is 2.45. The molecule has 2 unspecified atom stereocenters. The third-order valence-electron chi connectivity index (χ3n) is 5.52. The Morgan fingerprint density at radius 1 is 0.867 bits per heavy atom. The molecular weight excluding hydrogens is 384 g/mol. The van der Waals surface area contributed by atoms with Crippen LogP contribution in [0.15, 0.2) is 60.7 Å².